The van der Waals surface area contributed by atoms with Gasteiger partial charge in [0.05, 0.1) is 0 Å². The van der Waals surface area contributed by atoms with Crippen LogP contribution in [0.2, 0.25) is 0 Å². The topological polar surface area (TPSA) is 29.3 Å². The van der Waals surface area contributed by atoms with Gasteiger partial charge in [-0.2, -0.15) is 0 Å². The van der Waals surface area contributed by atoms with E-state index in [2.05, 4.69) is 65.5 Å². The van der Waals surface area contributed by atoms with Crippen molar-refractivity contribution < 1.29 is 0 Å². The predicted octanol–water partition coefficient (Wildman–Crippen LogP) is 5.34. The molecule has 1 aromatic rings. The summed E-state index contributed by atoms with van der Waals surface area (Å²) < 4.78 is 0. The first-order chi connectivity index (χ1) is 10.5. The Morgan fingerprint density at radius 3 is 1.65 bits per heavy atom. The lowest BCUT2D eigenvalue weighted by Gasteiger charge is -2.38. The van der Waals surface area contributed by atoms with Crippen molar-refractivity contribution in [2.24, 2.45) is 5.92 Å². The Morgan fingerprint density at radius 2 is 1.35 bits per heavy atom. The van der Waals surface area contributed by atoms with Crippen molar-refractivity contribution in [2.75, 3.05) is 18.8 Å². The molecule has 0 atom stereocenters. The molecule has 1 aliphatic heterocycles. The molecule has 2 N–H and O–H groups in total. The molecule has 0 bridgehead atoms. The number of nitrogens with zero attached hydrogens (tertiary/aromatic N) is 1. The van der Waals surface area contributed by atoms with Gasteiger partial charge in [0.2, 0.25) is 0 Å². The Morgan fingerprint density at radius 1 is 0.957 bits per heavy atom. The average molecular weight is 319 g/mol. The fraction of sp³-hybridized carbons (Fsp3) is 0.714. The molecule has 0 spiro atoms. The molecule has 0 aromatic heterocycles. The minimum Gasteiger partial charge on any atom is -0.398 e. The Balaban J connectivity index is 0.00000127. The van der Waals surface area contributed by atoms with E-state index < -0.39 is 0 Å². The van der Waals surface area contributed by atoms with Crippen molar-refractivity contribution in [3.05, 3.63) is 28.8 Å². The van der Waals surface area contributed by atoms with Gasteiger partial charge >= 0.3 is 0 Å². The zero-order valence-electron chi connectivity index (χ0n) is 16.9. The Kier molecular flexibility index (Phi) is 6.32. The third-order valence-electron chi connectivity index (χ3n) is 4.40. The predicted molar refractivity (Wildman–Crippen MR) is 104 cm³/mol. The van der Waals surface area contributed by atoms with E-state index in [1.807, 2.05) is 13.8 Å². The fourth-order valence-electron chi connectivity index (χ4n) is 3.26. The molecule has 1 heterocycles. The molecule has 1 aliphatic rings. The van der Waals surface area contributed by atoms with Gasteiger partial charge in [-0.3, -0.25) is 4.90 Å². The number of likely N-dealkylation sites (tertiary alicyclic amines) is 1. The van der Waals surface area contributed by atoms with Crippen LogP contribution >= 0.6 is 0 Å². The standard InChI is InChI=1S/C19H32N2.C2H6/c1-13-10-21(11-13)12-14-8-15(18(2,3)4)17(20)16(9-14)19(5,6)7;1-2/h8-9,13H,10-12,20H2,1-7H3;1-2H3. The van der Waals surface area contributed by atoms with E-state index in [1.165, 1.54) is 29.8 Å². The summed E-state index contributed by atoms with van der Waals surface area (Å²) in [6.07, 6.45) is 0. The molecule has 1 fully saturated rings. The minimum atomic E-state index is 0.0856. The summed E-state index contributed by atoms with van der Waals surface area (Å²) in [5.41, 5.74) is 11.7. The molecule has 23 heavy (non-hydrogen) atoms. The van der Waals surface area contributed by atoms with E-state index in [0.717, 1.165) is 18.2 Å². The SMILES string of the molecule is CC.CC1CN(Cc2cc(C(C)(C)C)c(N)c(C(C)(C)C)c2)C1. The third-order valence-corrected chi connectivity index (χ3v) is 4.40. The van der Waals surface area contributed by atoms with Gasteiger partial charge in [-0.25, -0.2) is 0 Å². The molecule has 1 saturated heterocycles. The van der Waals surface area contributed by atoms with E-state index in [-0.39, 0.29) is 10.8 Å². The number of benzene rings is 1. The molecular weight excluding hydrogens is 280 g/mol. The minimum absolute atomic E-state index is 0.0856. The van der Waals surface area contributed by atoms with Crippen molar-refractivity contribution in [2.45, 2.75) is 79.7 Å². The summed E-state index contributed by atoms with van der Waals surface area (Å²) in [5.74, 6) is 0.850. The van der Waals surface area contributed by atoms with Crippen LogP contribution in [-0.2, 0) is 17.4 Å². The summed E-state index contributed by atoms with van der Waals surface area (Å²) in [6, 6.07) is 4.65. The number of nitrogens with two attached hydrogens (primary N) is 1. The lowest BCUT2D eigenvalue weighted by Crippen LogP contribution is -2.44. The highest BCUT2D eigenvalue weighted by atomic mass is 15.2. The normalized spacial score (nSPS) is 16.6. The molecule has 2 rings (SSSR count). The highest BCUT2D eigenvalue weighted by Gasteiger charge is 2.27. The summed E-state index contributed by atoms with van der Waals surface area (Å²) in [4.78, 5) is 2.52. The van der Waals surface area contributed by atoms with Crippen LogP contribution in [0.1, 0.15) is 79.0 Å². The highest BCUT2D eigenvalue weighted by molar-refractivity contribution is 5.60. The monoisotopic (exact) mass is 318 g/mol. The molecule has 0 amide bonds. The Hall–Kier alpha value is -1.02. The average Bonchev–Trinajstić information content (AvgIpc) is 2.38. The van der Waals surface area contributed by atoms with Crippen LogP contribution in [0.15, 0.2) is 12.1 Å². The molecule has 132 valence electrons. The summed E-state index contributed by atoms with van der Waals surface area (Å²) in [5, 5.41) is 0. The molecule has 2 nitrogen and oxygen atoms in total. The Labute approximate surface area is 144 Å². The number of rotatable bonds is 2. The van der Waals surface area contributed by atoms with Crippen LogP contribution in [-0.4, -0.2) is 18.0 Å². The summed E-state index contributed by atoms with van der Waals surface area (Å²) in [7, 11) is 0. The molecule has 1 aromatic carbocycles. The fourth-order valence-corrected chi connectivity index (χ4v) is 3.26. The van der Waals surface area contributed by atoms with Gasteiger partial charge in [-0.05, 0) is 33.4 Å². The van der Waals surface area contributed by atoms with Crippen LogP contribution < -0.4 is 5.73 Å². The van der Waals surface area contributed by atoms with E-state index in [9.17, 15) is 0 Å². The smallest absolute Gasteiger partial charge is 0.0390 e. The van der Waals surface area contributed by atoms with E-state index in [0.29, 0.717) is 0 Å². The zero-order valence-corrected chi connectivity index (χ0v) is 16.9. The van der Waals surface area contributed by atoms with E-state index >= 15 is 0 Å². The molecule has 0 radical (unpaired) electrons. The summed E-state index contributed by atoms with van der Waals surface area (Å²) in [6.45, 7) is 23.3. The maximum Gasteiger partial charge on any atom is 0.0390 e. The molecule has 0 aliphatic carbocycles. The van der Waals surface area contributed by atoms with Crippen molar-refractivity contribution >= 4 is 5.69 Å². The van der Waals surface area contributed by atoms with Crippen LogP contribution in [0.4, 0.5) is 5.69 Å². The number of anilines is 1. The van der Waals surface area contributed by atoms with Crippen molar-refractivity contribution in [3.8, 4) is 0 Å². The maximum absolute atomic E-state index is 6.51. The second-order valence-electron chi connectivity index (χ2n) is 8.90. The molecule has 0 unspecified atom stereocenters. The van der Waals surface area contributed by atoms with Crippen LogP contribution in [0.5, 0.6) is 0 Å². The van der Waals surface area contributed by atoms with Crippen LogP contribution in [0, 0.1) is 5.92 Å². The largest absolute Gasteiger partial charge is 0.398 e. The zero-order chi connectivity index (χ0) is 18.0. The first kappa shape index (κ1) is 20.0. The van der Waals surface area contributed by atoms with Crippen LogP contribution in [0.3, 0.4) is 0 Å². The van der Waals surface area contributed by atoms with Gasteiger partial charge in [0.1, 0.15) is 0 Å². The highest BCUT2D eigenvalue weighted by Crippen LogP contribution is 2.37. The molecular formula is C21H38N2. The van der Waals surface area contributed by atoms with Gasteiger partial charge in [0.15, 0.2) is 0 Å². The first-order valence-corrected chi connectivity index (χ1v) is 9.14. The second-order valence-corrected chi connectivity index (χ2v) is 8.90. The molecule has 2 heteroatoms. The van der Waals surface area contributed by atoms with Crippen LogP contribution in [0.25, 0.3) is 0 Å². The van der Waals surface area contributed by atoms with Crippen molar-refractivity contribution in [1.82, 2.24) is 4.90 Å². The Bertz CT molecular complexity index is 477. The summed E-state index contributed by atoms with van der Waals surface area (Å²) >= 11 is 0. The second kappa shape index (κ2) is 7.25. The molecule has 0 saturated carbocycles. The number of nitrogen functional groups attached to an aromatic ring is 1. The lowest BCUT2D eigenvalue weighted by atomic mass is 9.77. The maximum atomic E-state index is 6.51. The quantitative estimate of drug-likeness (QED) is 0.746. The van der Waals surface area contributed by atoms with Crippen molar-refractivity contribution in [1.29, 1.82) is 0 Å². The number of hydrogen-bond acceptors (Lipinski definition) is 2. The van der Waals surface area contributed by atoms with Gasteiger partial charge in [-0.15, -0.1) is 0 Å². The van der Waals surface area contributed by atoms with Gasteiger partial charge < -0.3 is 5.73 Å². The third kappa shape index (κ3) is 4.97. The first-order valence-electron chi connectivity index (χ1n) is 9.14. The number of hydrogen-bond donors (Lipinski definition) is 1. The van der Waals surface area contributed by atoms with Crippen molar-refractivity contribution in [3.63, 3.8) is 0 Å². The van der Waals surface area contributed by atoms with Gasteiger partial charge in [0.25, 0.3) is 0 Å². The van der Waals surface area contributed by atoms with Gasteiger partial charge in [-0.1, -0.05) is 74.4 Å². The van der Waals surface area contributed by atoms with E-state index in [4.69, 9.17) is 5.73 Å². The lowest BCUT2D eigenvalue weighted by molar-refractivity contribution is 0.105. The van der Waals surface area contributed by atoms with E-state index in [1.54, 1.807) is 0 Å². The van der Waals surface area contributed by atoms with Gasteiger partial charge in [0, 0.05) is 25.3 Å².